The summed E-state index contributed by atoms with van der Waals surface area (Å²) in [6.07, 6.45) is 11.9. The van der Waals surface area contributed by atoms with Gasteiger partial charge in [-0.15, -0.1) is 34.2 Å². The van der Waals surface area contributed by atoms with Gasteiger partial charge in [0.1, 0.15) is 0 Å². The number of hydrogen-bond donors (Lipinski definition) is 3. The molecule has 0 aliphatic heterocycles. The summed E-state index contributed by atoms with van der Waals surface area (Å²) in [5.74, 6) is 0. The van der Waals surface area contributed by atoms with Crippen LogP contribution in [0.25, 0.3) is 0 Å². The number of aromatic amines is 3. The molecule has 0 spiro atoms. The van der Waals surface area contributed by atoms with Crippen molar-refractivity contribution in [2.75, 3.05) is 0 Å². The van der Waals surface area contributed by atoms with Gasteiger partial charge in [0.2, 0.25) is 0 Å². The number of H-pyrrole nitrogens is 3. The summed E-state index contributed by atoms with van der Waals surface area (Å²) in [4.78, 5) is 0. The van der Waals surface area contributed by atoms with Gasteiger partial charge in [0.25, 0.3) is 0 Å². The topological polar surface area (TPSA) is 125 Å². The Morgan fingerprint density at radius 3 is 0.810 bits per heavy atom. The van der Waals surface area contributed by atoms with Crippen molar-refractivity contribution in [2.45, 2.75) is 0 Å². The average molecular weight is 584 g/mol. The molecule has 0 saturated carbocycles. The molecule has 3 heterocycles. The Balaban J connectivity index is -0.0000000352. The molecular weight excluding hydrogens is 578 g/mol. The molecule has 0 fully saturated rings. The summed E-state index contributed by atoms with van der Waals surface area (Å²) in [5, 5.41) is 27.1. The number of rotatable bonds is 0. The van der Waals surface area contributed by atoms with E-state index in [0.717, 1.165) is 0 Å². The molecule has 0 atom stereocenters. The number of aromatic nitrogens is 9. The van der Waals surface area contributed by atoms with E-state index in [1.165, 1.54) is 18.6 Å². The van der Waals surface area contributed by atoms with Crippen LogP contribution >= 0.6 is 0 Å². The normalized spacial score (nSPS) is 5.71. The van der Waals surface area contributed by atoms with Crippen molar-refractivity contribution in [3.8, 4) is 0 Å². The molecule has 3 aromatic heterocycles. The van der Waals surface area contributed by atoms with Gasteiger partial charge in [-0.1, -0.05) is 0 Å². The summed E-state index contributed by atoms with van der Waals surface area (Å²) < 4.78 is 0. The predicted molar refractivity (Wildman–Crippen MR) is 45.7 cm³/mol. The molecule has 0 saturated heterocycles. The fourth-order valence-corrected chi connectivity index (χ4v) is 0.433. The summed E-state index contributed by atoms with van der Waals surface area (Å²) >= 11 is 0. The number of hydrogen-bond acceptors (Lipinski definition) is 6. The second kappa shape index (κ2) is 32.8. The van der Waals surface area contributed by atoms with Crippen LogP contribution in [0.2, 0.25) is 0 Å². The molecule has 0 aliphatic carbocycles. The van der Waals surface area contributed by atoms with E-state index in [9.17, 15) is 0 Å². The predicted octanol–water partition coefficient (Wildman–Crippen LogP) is -10.2. The minimum absolute atomic E-state index is 0. The molecule has 3 aromatic rings. The van der Waals surface area contributed by atoms with Gasteiger partial charge in [-0.3, -0.25) is 0 Å². The maximum Gasteiger partial charge on any atom is 2.00 e. The zero-order valence-electron chi connectivity index (χ0n) is 10.0. The van der Waals surface area contributed by atoms with Gasteiger partial charge in [0.15, 0.2) is 0 Å². The Labute approximate surface area is 197 Å². The van der Waals surface area contributed by atoms with E-state index in [1.54, 1.807) is 0 Å². The molecule has 0 bridgehead atoms. The van der Waals surface area contributed by atoms with E-state index >= 15 is 0 Å². The SMILES string of the molecule is [Cl-].[Cl-].[Cl-].[Zr+2].[Zr+2].[Zr+2].[c-]1c[nH]nn1.[c-]1c[nH]nn1.[c-]1c[nH]nn1. The zero-order valence-corrected chi connectivity index (χ0v) is 19.7. The Kier molecular flexibility index (Phi) is 59.1. The first kappa shape index (κ1) is 37.9. The Hall–Kier alpha value is 0.939. The summed E-state index contributed by atoms with van der Waals surface area (Å²) in [6.45, 7) is 0. The van der Waals surface area contributed by atoms with Crippen LogP contribution in [0.1, 0.15) is 0 Å². The summed E-state index contributed by atoms with van der Waals surface area (Å²) in [7, 11) is 0. The molecule has 0 unspecified atom stereocenters. The summed E-state index contributed by atoms with van der Waals surface area (Å²) in [5.41, 5.74) is 0. The molecule has 3 rings (SSSR count). The van der Waals surface area contributed by atoms with Crippen molar-refractivity contribution < 1.29 is 116 Å². The van der Waals surface area contributed by atoms with E-state index in [-0.39, 0.29) is 116 Å². The van der Waals surface area contributed by atoms with E-state index in [2.05, 4.69) is 64.8 Å². The third-order valence-corrected chi connectivity index (χ3v) is 0.884. The van der Waals surface area contributed by atoms with Crippen LogP contribution in [-0.2, 0) is 78.6 Å². The first-order valence-corrected chi connectivity index (χ1v) is 3.67. The quantitative estimate of drug-likeness (QED) is 0.226. The third-order valence-electron chi connectivity index (χ3n) is 0.884. The average Bonchev–Trinajstić information content (AvgIpc) is 3.09. The maximum atomic E-state index is 3.29. The maximum absolute atomic E-state index is 3.29. The van der Waals surface area contributed by atoms with Crippen molar-refractivity contribution in [3.63, 3.8) is 0 Å². The molecule has 0 radical (unpaired) electrons. The number of nitrogens with one attached hydrogen (secondary N) is 3. The fourth-order valence-electron chi connectivity index (χ4n) is 0.433. The van der Waals surface area contributed by atoms with Crippen molar-refractivity contribution in [1.82, 2.24) is 46.2 Å². The monoisotopic (exact) mass is 579 g/mol. The standard InChI is InChI=1S/3C2H2N3.3ClH.3Zr/c3*1-2-4-5-3-1;;;;;;/h3*1H,(H,3,4,5);3*1H;;;/q3*-1;;;;3*+2/p-3. The van der Waals surface area contributed by atoms with Crippen LogP contribution in [0.15, 0.2) is 18.6 Å². The van der Waals surface area contributed by atoms with E-state index in [1.807, 2.05) is 0 Å². The van der Waals surface area contributed by atoms with Crippen LogP contribution in [0.4, 0.5) is 0 Å². The minimum atomic E-state index is 0. The summed E-state index contributed by atoms with van der Waals surface area (Å²) in [6, 6.07) is 0. The molecule has 9 nitrogen and oxygen atoms in total. The van der Waals surface area contributed by atoms with Gasteiger partial charge in [-0.05, 0) is 0 Å². The number of nitrogens with zero attached hydrogens (tertiary/aromatic N) is 6. The molecule has 3 N–H and O–H groups in total. The first-order chi connectivity index (χ1) is 7.50. The second-order valence-electron chi connectivity index (χ2n) is 1.81. The van der Waals surface area contributed by atoms with Crippen LogP contribution < -0.4 is 37.2 Å². The Morgan fingerprint density at radius 1 is 0.524 bits per heavy atom. The smallest absolute Gasteiger partial charge is 1.00 e. The number of halogens is 3. The molecule has 21 heavy (non-hydrogen) atoms. The Morgan fingerprint density at radius 2 is 0.762 bits per heavy atom. The van der Waals surface area contributed by atoms with Crippen molar-refractivity contribution in [2.24, 2.45) is 0 Å². The minimum Gasteiger partial charge on any atom is -1.00 e. The van der Waals surface area contributed by atoms with Crippen LogP contribution in [0, 0.1) is 18.6 Å². The van der Waals surface area contributed by atoms with Crippen LogP contribution in [-0.4, -0.2) is 46.2 Å². The van der Waals surface area contributed by atoms with Crippen molar-refractivity contribution in [3.05, 3.63) is 37.2 Å². The van der Waals surface area contributed by atoms with Gasteiger partial charge in [0.05, 0.1) is 0 Å². The third kappa shape index (κ3) is 29.6. The van der Waals surface area contributed by atoms with Crippen molar-refractivity contribution in [1.29, 1.82) is 0 Å². The van der Waals surface area contributed by atoms with E-state index < -0.39 is 0 Å². The molecular formula is C6H6Cl3N9Zr3. The molecule has 0 amide bonds. The van der Waals surface area contributed by atoms with Crippen molar-refractivity contribution >= 4 is 0 Å². The van der Waals surface area contributed by atoms with E-state index in [4.69, 9.17) is 0 Å². The molecule has 0 aromatic carbocycles. The Bertz CT molecular complexity index is 271. The second-order valence-corrected chi connectivity index (χ2v) is 1.81. The van der Waals surface area contributed by atoms with Crippen LogP contribution in [0.3, 0.4) is 0 Å². The van der Waals surface area contributed by atoms with Gasteiger partial charge in [-0.25, -0.2) is 0 Å². The largest absolute Gasteiger partial charge is 2.00 e. The van der Waals surface area contributed by atoms with E-state index in [0.29, 0.717) is 0 Å². The zero-order chi connectivity index (χ0) is 10.6. The molecule has 0 aliphatic rings. The van der Waals surface area contributed by atoms with Gasteiger partial charge in [-0.2, -0.15) is 0 Å². The van der Waals surface area contributed by atoms with Gasteiger partial charge < -0.3 is 86.4 Å². The van der Waals surface area contributed by atoms with Gasteiger partial charge in [0, 0.05) is 0 Å². The fraction of sp³-hybridized carbons (Fsp3) is 0. The molecule has 108 valence electrons. The first-order valence-electron chi connectivity index (χ1n) is 3.67. The van der Waals surface area contributed by atoms with Crippen LogP contribution in [0.5, 0.6) is 0 Å². The molecule has 15 heteroatoms. The van der Waals surface area contributed by atoms with Gasteiger partial charge >= 0.3 is 78.6 Å².